The summed E-state index contributed by atoms with van der Waals surface area (Å²) in [5.41, 5.74) is 4.08. The van der Waals surface area contributed by atoms with Crippen molar-refractivity contribution in [2.24, 2.45) is 0 Å². The lowest BCUT2D eigenvalue weighted by Crippen LogP contribution is -2.54. The third kappa shape index (κ3) is 3.35. The molecule has 1 spiro atoms. The van der Waals surface area contributed by atoms with Crippen LogP contribution in [0.25, 0.3) is 0 Å². The van der Waals surface area contributed by atoms with Crippen LogP contribution in [0.4, 0.5) is 11.4 Å². The van der Waals surface area contributed by atoms with Crippen molar-refractivity contribution in [2.75, 3.05) is 22.2 Å². The van der Waals surface area contributed by atoms with Crippen LogP contribution < -0.4 is 14.5 Å². The van der Waals surface area contributed by atoms with E-state index in [0.717, 1.165) is 21.6 Å². The molecule has 2 heterocycles. The lowest BCUT2D eigenvalue weighted by molar-refractivity contribution is -0.123. The number of benzene rings is 3. The summed E-state index contributed by atoms with van der Waals surface area (Å²) in [5.74, 6) is -1.42. The van der Waals surface area contributed by atoms with Crippen LogP contribution in [0.1, 0.15) is 29.2 Å². The van der Waals surface area contributed by atoms with E-state index in [0.29, 0.717) is 29.3 Å². The molecule has 0 unspecified atom stereocenters. The van der Waals surface area contributed by atoms with E-state index in [2.05, 4.69) is 0 Å². The van der Waals surface area contributed by atoms with Crippen LogP contribution in [-0.4, -0.2) is 32.6 Å². The van der Waals surface area contributed by atoms with E-state index in [1.54, 1.807) is 48.5 Å². The van der Waals surface area contributed by atoms with Gasteiger partial charge in [-0.3, -0.25) is 14.5 Å². The fourth-order valence-electron chi connectivity index (χ4n) is 5.05. The summed E-state index contributed by atoms with van der Waals surface area (Å²) in [6, 6.07) is 19.4. The summed E-state index contributed by atoms with van der Waals surface area (Å²) < 4.78 is 32.9. The third-order valence-electron chi connectivity index (χ3n) is 6.66. The summed E-state index contributed by atoms with van der Waals surface area (Å²) in [6.07, 6.45) is 0. The Morgan fingerprint density at radius 3 is 2.40 bits per heavy atom. The van der Waals surface area contributed by atoms with Gasteiger partial charge in [-0.25, -0.2) is 8.42 Å². The lowest BCUT2D eigenvalue weighted by atomic mass is 10.0. The number of fused-ring (bicyclic) bond motifs is 2. The number of hydrogen-bond acceptors (Lipinski definition) is 5. The average Bonchev–Trinajstić information content (AvgIpc) is 3.20. The van der Waals surface area contributed by atoms with E-state index in [1.165, 1.54) is 4.90 Å². The zero-order valence-corrected chi connectivity index (χ0v) is 20.6. The Morgan fingerprint density at radius 2 is 1.69 bits per heavy atom. The number of hydrogen-bond donors (Lipinski definition) is 0. The van der Waals surface area contributed by atoms with Crippen LogP contribution in [-0.2, 0) is 30.8 Å². The molecule has 0 saturated carbocycles. The topological polar surface area (TPSA) is 84.0 Å². The lowest BCUT2D eigenvalue weighted by Gasteiger charge is -2.32. The highest BCUT2D eigenvalue weighted by molar-refractivity contribution is 7.94. The van der Waals surface area contributed by atoms with E-state index < -0.39 is 32.3 Å². The fraction of sp³-hybridized carbons (Fsp3) is 0.259. The molecule has 0 aromatic heterocycles. The number of aryl methyl sites for hydroxylation is 2. The number of ether oxygens (including phenoxy) is 1. The molecular formula is C27H26N2O5S. The Bertz CT molecular complexity index is 1450. The minimum absolute atomic E-state index is 0.200. The van der Waals surface area contributed by atoms with E-state index in [9.17, 15) is 18.0 Å². The normalized spacial score (nSPS) is 20.5. The number of nitrogens with zero attached hydrogens (tertiary/aromatic N) is 2. The first-order valence-corrected chi connectivity index (χ1v) is 13.1. The monoisotopic (exact) mass is 490 g/mol. The van der Waals surface area contributed by atoms with Crippen molar-refractivity contribution < 1.29 is 22.7 Å². The Kier molecular flexibility index (Phi) is 5.44. The summed E-state index contributed by atoms with van der Waals surface area (Å²) in [4.78, 5) is 28.0. The van der Waals surface area contributed by atoms with Crippen LogP contribution in [0.15, 0.2) is 66.7 Å². The average molecular weight is 491 g/mol. The van der Waals surface area contributed by atoms with Crippen molar-refractivity contribution in [1.29, 1.82) is 0 Å². The molecule has 0 radical (unpaired) electrons. The second-order valence-corrected chi connectivity index (χ2v) is 11.0. The SMILES string of the molecule is CCOc1ccc(N2C(=O)CS(=O)(=O)[C@]23C(=O)N(Cc2cc(C)ccc2C)c2ccccc23)cc1. The first-order valence-electron chi connectivity index (χ1n) is 11.5. The van der Waals surface area contributed by atoms with Gasteiger partial charge in [-0.2, -0.15) is 0 Å². The molecule has 2 amide bonds. The highest BCUT2D eigenvalue weighted by Gasteiger charge is 2.69. The van der Waals surface area contributed by atoms with Gasteiger partial charge in [0.15, 0.2) is 9.84 Å². The van der Waals surface area contributed by atoms with Gasteiger partial charge < -0.3 is 9.64 Å². The maximum Gasteiger partial charge on any atom is 0.274 e. The van der Waals surface area contributed by atoms with E-state index >= 15 is 0 Å². The molecule has 3 aromatic rings. The molecule has 2 aliphatic heterocycles. The Labute approximate surface area is 204 Å². The van der Waals surface area contributed by atoms with Crippen LogP contribution in [0.3, 0.4) is 0 Å². The maximum absolute atomic E-state index is 14.2. The van der Waals surface area contributed by atoms with Crippen LogP contribution >= 0.6 is 0 Å². The van der Waals surface area contributed by atoms with Crippen molar-refractivity contribution in [3.05, 3.63) is 89.0 Å². The second kappa shape index (κ2) is 8.23. The number of carbonyl (C=O) groups is 2. The van der Waals surface area contributed by atoms with Gasteiger partial charge in [-0.05, 0) is 62.2 Å². The number of carbonyl (C=O) groups excluding carboxylic acids is 2. The molecule has 1 atom stereocenters. The van der Waals surface area contributed by atoms with Gasteiger partial charge in [0.2, 0.25) is 5.91 Å². The summed E-state index contributed by atoms with van der Waals surface area (Å²) in [7, 11) is -4.21. The Morgan fingerprint density at radius 1 is 0.971 bits per heavy atom. The molecule has 1 saturated heterocycles. The summed E-state index contributed by atoms with van der Waals surface area (Å²) in [6.45, 7) is 6.46. The van der Waals surface area contributed by atoms with Gasteiger partial charge in [-0.15, -0.1) is 0 Å². The van der Waals surface area contributed by atoms with Crippen LogP contribution in [0.5, 0.6) is 5.75 Å². The Hall–Kier alpha value is -3.65. The van der Waals surface area contributed by atoms with Gasteiger partial charge in [0.1, 0.15) is 11.5 Å². The van der Waals surface area contributed by atoms with Crippen molar-refractivity contribution in [1.82, 2.24) is 0 Å². The first-order chi connectivity index (χ1) is 16.7. The van der Waals surface area contributed by atoms with E-state index in [1.807, 2.05) is 39.0 Å². The highest BCUT2D eigenvalue weighted by Crippen LogP contribution is 2.53. The molecule has 35 heavy (non-hydrogen) atoms. The fourth-order valence-corrected chi connectivity index (χ4v) is 7.08. The second-order valence-electron chi connectivity index (χ2n) is 8.90. The van der Waals surface area contributed by atoms with E-state index in [4.69, 9.17) is 4.74 Å². The van der Waals surface area contributed by atoms with Crippen molar-refractivity contribution in [2.45, 2.75) is 32.2 Å². The molecule has 0 aliphatic carbocycles. The third-order valence-corrected chi connectivity index (χ3v) is 8.77. The molecule has 5 rings (SSSR count). The smallest absolute Gasteiger partial charge is 0.274 e. The number of rotatable bonds is 5. The number of sulfone groups is 1. The summed E-state index contributed by atoms with van der Waals surface area (Å²) in [5, 5.41) is 0. The van der Waals surface area contributed by atoms with Gasteiger partial charge in [0, 0.05) is 11.3 Å². The molecule has 8 heteroatoms. The molecule has 7 nitrogen and oxygen atoms in total. The first kappa shape index (κ1) is 23.1. The largest absolute Gasteiger partial charge is 0.494 e. The van der Waals surface area contributed by atoms with Crippen LogP contribution in [0, 0.1) is 13.8 Å². The standard InChI is InChI=1S/C27H26N2O5S/c1-4-34-22-13-11-21(12-14-22)29-25(30)17-35(32,33)27(29)23-7-5-6-8-24(23)28(26(27)31)16-20-15-18(2)9-10-19(20)3/h5-15H,4,16-17H2,1-3H3/t27-/m1/s1. The molecule has 0 N–H and O–H groups in total. The van der Waals surface area contributed by atoms with E-state index in [-0.39, 0.29) is 6.54 Å². The van der Waals surface area contributed by atoms with Gasteiger partial charge in [0.05, 0.1) is 18.8 Å². The molecular weight excluding hydrogens is 464 g/mol. The van der Waals surface area contributed by atoms with Gasteiger partial charge in [-0.1, -0.05) is 42.0 Å². The molecule has 1 fully saturated rings. The number of amides is 2. The Balaban J connectivity index is 1.69. The van der Waals surface area contributed by atoms with Crippen molar-refractivity contribution in [3.63, 3.8) is 0 Å². The predicted molar refractivity (Wildman–Crippen MR) is 134 cm³/mol. The van der Waals surface area contributed by atoms with Crippen LogP contribution in [0.2, 0.25) is 0 Å². The van der Waals surface area contributed by atoms with Gasteiger partial charge in [0.25, 0.3) is 10.8 Å². The number of anilines is 2. The summed E-state index contributed by atoms with van der Waals surface area (Å²) >= 11 is 0. The van der Waals surface area contributed by atoms with Crippen molar-refractivity contribution >= 4 is 33.0 Å². The molecule has 3 aromatic carbocycles. The quantitative estimate of drug-likeness (QED) is 0.542. The van der Waals surface area contributed by atoms with Gasteiger partial charge >= 0.3 is 0 Å². The molecule has 2 aliphatic rings. The minimum atomic E-state index is -4.21. The predicted octanol–water partition coefficient (Wildman–Crippen LogP) is 3.86. The zero-order valence-electron chi connectivity index (χ0n) is 19.8. The minimum Gasteiger partial charge on any atom is -0.494 e. The molecule has 180 valence electrons. The zero-order chi connectivity index (χ0) is 25.0. The highest BCUT2D eigenvalue weighted by atomic mass is 32.2. The van der Waals surface area contributed by atoms with Crippen molar-refractivity contribution in [3.8, 4) is 5.75 Å². The number of para-hydroxylation sites is 1. The molecule has 0 bridgehead atoms. The maximum atomic E-state index is 14.2.